The van der Waals surface area contributed by atoms with Gasteiger partial charge in [0.25, 0.3) is 0 Å². The van der Waals surface area contributed by atoms with Crippen LogP contribution in [0.2, 0.25) is 0 Å². The van der Waals surface area contributed by atoms with E-state index < -0.39 is 0 Å². The summed E-state index contributed by atoms with van der Waals surface area (Å²) >= 11 is 0. The lowest BCUT2D eigenvalue weighted by Crippen LogP contribution is -2.45. The fourth-order valence-electron chi connectivity index (χ4n) is 2.09. The molecule has 0 amide bonds. The number of likely N-dealkylation sites (N-methyl/N-ethyl adjacent to an activating group) is 1. The van der Waals surface area contributed by atoms with Crippen molar-refractivity contribution in [2.75, 3.05) is 26.8 Å². The summed E-state index contributed by atoms with van der Waals surface area (Å²) in [7, 11) is 2.19. The first-order chi connectivity index (χ1) is 7.15. The molecule has 0 aliphatic carbocycles. The second-order valence-electron chi connectivity index (χ2n) is 4.83. The van der Waals surface area contributed by atoms with Gasteiger partial charge in [-0.2, -0.15) is 0 Å². The summed E-state index contributed by atoms with van der Waals surface area (Å²) in [4.78, 5) is 2.42. The quantitative estimate of drug-likeness (QED) is 0.753. The van der Waals surface area contributed by atoms with Gasteiger partial charge in [0.1, 0.15) is 0 Å². The van der Waals surface area contributed by atoms with Gasteiger partial charge >= 0.3 is 0 Å². The molecular formula is C12H26N2O. The highest BCUT2D eigenvalue weighted by Gasteiger charge is 2.21. The van der Waals surface area contributed by atoms with Crippen molar-refractivity contribution in [1.82, 2.24) is 4.90 Å². The van der Waals surface area contributed by atoms with Crippen LogP contribution in [0.15, 0.2) is 0 Å². The molecule has 3 nitrogen and oxygen atoms in total. The highest BCUT2D eigenvalue weighted by atomic mass is 16.5. The Labute approximate surface area is 94.0 Å². The van der Waals surface area contributed by atoms with Gasteiger partial charge in [-0.1, -0.05) is 20.3 Å². The second-order valence-corrected chi connectivity index (χ2v) is 4.83. The molecule has 2 atom stereocenters. The largest absolute Gasteiger partial charge is 0.381 e. The molecule has 0 aromatic carbocycles. The summed E-state index contributed by atoms with van der Waals surface area (Å²) in [5, 5.41) is 0. The molecule has 3 heteroatoms. The van der Waals surface area contributed by atoms with Crippen LogP contribution < -0.4 is 5.73 Å². The van der Waals surface area contributed by atoms with Crippen LogP contribution >= 0.6 is 0 Å². The van der Waals surface area contributed by atoms with Crippen LogP contribution in [0.3, 0.4) is 0 Å². The Kier molecular flexibility index (Phi) is 5.58. The summed E-state index contributed by atoms with van der Waals surface area (Å²) in [6, 6.07) is 0.983. The molecule has 0 aromatic rings. The van der Waals surface area contributed by atoms with Crippen LogP contribution in [-0.4, -0.2) is 43.8 Å². The maximum absolute atomic E-state index is 6.16. The summed E-state index contributed by atoms with van der Waals surface area (Å²) in [6.07, 6.45) is 3.48. The zero-order valence-electron chi connectivity index (χ0n) is 10.4. The van der Waals surface area contributed by atoms with Gasteiger partial charge in [-0.3, -0.25) is 0 Å². The third kappa shape index (κ3) is 4.09. The summed E-state index contributed by atoms with van der Waals surface area (Å²) in [5.41, 5.74) is 6.16. The van der Waals surface area contributed by atoms with Gasteiger partial charge in [0.15, 0.2) is 0 Å². The van der Waals surface area contributed by atoms with E-state index >= 15 is 0 Å². The van der Waals surface area contributed by atoms with Crippen LogP contribution in [0.25, 0.3) is 0 Å². The van der Waals surface area contributed by atoms with Gasteiger partial charge in [-0.05, 0) is 25.8 Å². The zero-order valence-corrected chi connectivity index (χ0v) is 10.4. The van der Waals surface area contributed by atoms with Gasteiger partial charge < -0.3 is 15.4 Å². The van der Waals surface area contributed by atoms with Crippen molar-refractivity contribution in [2.24, 2.45) is 11.7 Å². The zero-order chi connectivity index (χ0) is 11.3. The standard InChI is InChI=1S/C12H26N2O/c1-4-10(2)12(13)9-14(3)11-5-7-15-8-6-11/h10-12H,4-9,13H2,1-3H3. The molecule has 15 heavy (non-hydrogen) atoms. The van der Waals surface area contributed by atoms with Crippen LogP contribution in [0.1, 0.15) is 33.1 Å². The molecule has 2 N–H and O–H groups in total. The Bertz CT molecular complexity index is 169. The minimum Gasteiger partial charge on any atom is -0.381 e. The number of nitrogens with two attached hydrogens (primary N) is 1. The summed E-state index contributed by atoms with van der Waals surface area (Å²) in [5.74, 6) is 0.618. The Morgan fingerprint density at radius 1 is 1.40 bits per heavy atom. The van der Waals surface area contributed by atoms with E-state index in [0.29, 0.717) is 18.0 Å². The van der Waals surface area contributed by atoms with Gasteiger partial charge in [0.05, 0.1) is 0 Å². The second kappa shape index (κ2) is 6.46. The molecule has 0 radical (unpaired) electrons. The van der Waals surface area contributed by atoms with E-state index in [1.807, 2.05) is 0 Å². The maximum Gasteiger partial charge on any atom is 0.0480 e. The molecule has 1 rings (SSSR count). The third-order valence-corrected chi connectivity index (χ3v) is 3.69. The van der Waals surface area contributed by atoms with Crippen LogP contribution in [0.5, 0.6) is 0 Å². The number of nitrogens with zero attached hydrogens (tertiary/aromatic N) is 1. The Hall–Kier alpha value is -0.120. The van der Waals surface area contributed by atoms with E-state index in [1.165, 1.54) is 6.42 Å². The molecule has 1 aliphatic heterocycles. The SMILES string of the molecule is CCC(C)C(N)CN(C)C1CCOCC1. The summed E-state index contributed by atoms with van der Waals surface area (Å²) in [6.45, 7) is 7.28. The molecule has 0 bridgehead atoms. The highest BCUT2D eigenvalue weighted by molar-refractivity contribution is 4.77. The highest BCUT2D eigenvalue weighted by Crippen LogP contribution is 2.14. The molecular weight excluding hydrogens is 188 g/mol. The van der Waals surface area contributed by atoms with Crippen molar-refractivity contribution in [1.29, 1.82) is 0 Å². The molecule has 1 fully saturated rings. The molecule has 1 heterocycles. The molecule has 0 saturated carbocycles. The average molecular weight is 214 g/mol. The molecule has 1 aliphatic rings. The topological polar surface area (TPSA) is 38.5 Å². The maximum atomic E-state index is 6.16. The van der Waals surface area contributed by atoms with Crippen LogP contribution in [-0.2, 0) is 4.74 Å². The smallest absolute Gasteiger partial charge is 0.0480 e. The fraction of sp³-hybridized carbons (Fsp3) is 1.00. The van der Waals surface area contributed by atoms with E-state index in [1.54, 1.807) is 0 Å². The first-order valence-corrected chi connectivity index (χ1v) is 6.18. The Morgan fingerprint density at radius 3 is 2.53 bits per heavy atom. The number of rotatable bonds is 5. The van der Waals surface area contributed by atoms with E-state index in [2.05, 4.69) is 25.8 Å². The van der Waals surface area contributed by atoms with Crippen molar-refractivity contribution in [2.45, 2.75) is 45.2 Å². The minimum atomic E-state index is 0.308. The monoisotopic (exact) mass is 214 g/mol. The van der Waals surface area contributed by atoms with E-state index in [0.717, 1.165) is 32.6 Å². The molecule has 0 aromatic heterocycles. The lowest BCUT2D eigenvalue weighted by atomic mass is 9.98. The van der Waals surface area contributed by atoms with Gasteiger partial charge in [0, 0.05) is 31.8 Å². The van der Waals surface area contributed by atoms with Crippen molar-refractivity contribution in [3.63, 3.8) is 0 Å². The van der Waals surface area contributed by atoms with E-state index in [-0.39, 0.29) is 0 Å². The number of hydrogen-bond donors (Lipinski definition) is 1. The molecule has 2 unspecified atom stereocenters. The lowest BCUT2D eigenvalue weighted by Gasteiger charge is -2.34. The first kappa shape index (κ1) is 12.9. The Balaban J connectivity index is 2.29. The van der Waals surface area contributed by atoms with Crippen molar-refractivity contribution < 1.29 is 4.74 Å². The van der Waals surface area contributed by atoms with Gasteiger partial charge in [-0.15, -0.1) is 0 Å². The van der Waals surface area contributed by atoms with E-state index in [9.17, 15) is 0 Å². The minimum absolute atomic E-state index is 0.308. The Morgan fingerprint density at radius 2 is 2.00 bits per heavy atom. The predicted octanol–water partition coefficient (Wildman–Crippen LogP) is 1.47. The average Bonchev–Trinajstić information content (AvgIpc) is 2.29. The van der Waals surface area contributed by atoms with Gasteiger partial charge in [0.2, 0.25) is 0 Å². The molecule has 0 spiro atoms. The predicted molar refractivity (Wildman–Crippen MR) is 63.9 cm³/mol. The van der Waals surface area contributed by atoms with Crippen LogP contribution in [0.4, 0.5) is 0 Å². The van der Waals surface area contributed by atoms with Crippen molar-refractivity contribution >= 4 is 0 Å². The number of ether oxygens (including phenoxy) is 1. The summed E-state index contributed by atoms with van der Waals surface area (Å²) < 4.78 is 5.37. The lowest BCUT2D eigenvalue weighted by molar-refractivity contribution is 0.0397. The third-order valence-electron chi connectivity index (χ3n) is 3.69. The van der Waals surface area contributed by atoms with Crippen LogP contribution in [0, 0.1) is 5.92 Å². The molecule has 1 saturated heterocycles. The van der Waals surface area contributed by atoms with Crippen molar-refractivity contribution in [3.05, 3.63) is 0 Å². The van der Waals surface area contributed by atoms with Crippen molar-refractivity contribution in [3.8, 4) is 0 Å². The van der Waals surface area contributed by atoms with E-state index in [4.69, 9.17) is 10.5 Å². The first-order valence-electron chi connectivity index (χ1n) is 6.18. The van der Waals surface area contributed by atoms with Gasteiger partial charge in [-0.25, -0.2) is 0 Å². The number of hydrogen-bond acceptors (Lipinski definition) is 3. The fourth-order valence-corrected chi connectivity index (χ4v) is 2.09. The normalized spacial score (nSPS) is 23.0. The molecule has 90 valence electrons.